The van der Waals surface area contributed by atoms with E-state index >= 15 is 0 Å². The maximum Gasteiger partial charge on any atom is 0.469 e. The zero-order chi connectivity index (χ0) is 22.8. The zero-order valence-electron chi connectivity index (χ0n) is 19.4. The first-order valence-corrected chi connectivity index (χ1v) is 13.6. The van der Waals surface area contributed by atoms with E-state index in [4.69, 9.17) is 20.0 Å². The molecule has 0 rings (SSSR count). The highest BCUT2D eigenvalue weighted by Crippen LogP contribution is 2.35. The lowest BCUT2D eigenvalue weighted by Crippen LogP contribution is -2.21. The van der Waals surface area contributed by atoms with Crippen LogP contribution in [-0.4, -0.2) is 52.9 Å². The van der Waals surface area contributed by atoms with E-state index < -0.39 is 7.82 Å². The first-order chi connectivity index (χ1) is 14.5. The van der Waals surface area contributed by atoms with Gasteiger partial charge in [0.2, 0.25) is 0 Å². The Balaban J connectivity index is 0. The molecular formula is C22H50NO6P. The Morgan fingerprint density at radius 2 is 0.967 bits per heavy atom. The Hall–Kier alpha value is -0.0100. The number of aliphatic hydroxyl groups excluding tert-OH is 2. The summed E-state index contributed by atoms with van der Waals surface area (Å²) in [4.78, 5) is 17.1. The van der Waals surface area contributed by atoms with Gasteiger partial charge in [-0.2, -0.15) is 0 Å². The van der Waals surface area contributed by atoms with Crippen molar-refractivity contribution in [3.05, 3.63) is 0 Å². The summed E-state index contributed by atoms with van der Waals surface area (Å²) in [6.45, 7) is 3.85. The van der Waals surface area contributed by atoms with E-state index in [1.165, 1.54) is 83.5 Å². The summed E-state index contributed by atoms with van der Waals surface area (Å²) in [5.74, 6) is 0. The number of hydrogen-bond acceptors (Lipinski definition) is 5. The molecular weight excluding hydrogens is 405 g/mol. The van der Waals surface area contributed by atoms with Crippen molar-refractivity contribution in [3.63, 3.8) is 0 Å². The van der Waals surface area contributed by atoms with Gasteiger partial charge < -0.3 is 25.3 Å². The molecule has 0 atom stereocenters. The van der Waals surface area contributed by atoms with Crippen LogP contribution in [-0.2, 0) is 9.09 Å². The molecule has 0 heterocycles. The van der Waals surface area contributed by atoms with Crippen LogP contribution in [0.1, 0.15) is 110 Å². The minimum absolute atomic E-state index is 0.139. The summed E-state index contributed by atoms with van der Waals surface area (Å²) >= 11 is 0. The third-order valence-electron chi connectivity index (χ3n) is 4.83. The van der Waals surface area contributed by atoms with Crippen LogP contribution in [0, 0.1) is 0 Å². The molecule has 0 fully saturated rings. The second-order valence-corrected chi connectivity index (χ2v) is 9.06. The molecule has 0 aromatic rings. The molecule has 0 unspecified atom stereocenters. The van der Waals surface area contributed by atoms with Crippen molar-refractivity contribution in [3.8, 4) is 0 Å². The predicted octanol–water partition coefficient (Wildman–Crippen LogP) is 4.92. The monoisotopic (exact) mass is 455 g/mol. The lowest BCUT2D eigenvalue weighted by atomic mass is 10.0. The molecule has 7 nitrogen and oxygen atoms in total. The van der Waals surface area contributed by atoms with Gasteiger partial charge in [-0.15, -0.1) is 0 Å². The normalized spacial score (nSPS) is 11.4. The van der Waals surface area contributed by atoms with Crippen molar-refractivity contribution in [1.82, 2.24) is 5.32 Å². The largest absolute Gasteiger partial charge is 0.469 e. The third-order valence-corrected chi connectivity index (χ3v) is 5.35. The first-order valence-electron chi connectivity index (χ1n) is 12.1. The van der Waals surface area contributed by atoms with E-state index in [1.54, 1.807) is 0 Å². The van der Waals surface area contributed by atoms with Gasteiger partial charge in [-0.3, -0.25) is 4.52 Å². The molecule has 0 bridgehead atoms. The van der Waals surface area contributed by atoms with Gasteiger partial charge in [-0.1, -0.05) is 103 Å². The van der Waals surface area contributed by atoms with Crippen molar-refractivity contribution in [2.75, 3.05) is 32.9 Å². The van der Waals surface area contributed by atoms with E-state index in [0.29, 0.717) is 13.1 Å². The predicted molar refractivity (Wildman–Crippen MR) is 125 cm³/mol. The molecule has 0 amide bonds. The maximum absolute atomic E-state index is 10.5. The minimum Gasteiger partial charge on any atom is -0.395 e. The lowest BCUT2D eigenvalue weighted by Gasteiger charge is -2.05. The first kappa shape index (κ1) is 32.2. The fraction of sp³-hybridized carbons (Fsp3) is 1.00. The van der Waals surface area contributed by atoms with Crippen molar-refractivity contribution in [2.45, 2.75) is 110 Å². The zero-order valence-corrected chi connectivity index (χ0v) is 20.3. The average molecular weight is 456 g/mol. The second-order valence-electron chi connectivity index (χ2n) is 7.82. The third kappa shape index (κ3) is 35.4. The van der Waals surface area contributed by atoms with Gasteiger partial charge in [0.25, 0.3) is 0 Å². The maximum atomic E-state index is 10.5. The van der Waals surface area contributed by atoms with Crippen molar-refractivity contribution >= 4 is 7.82 Å². The fourth-order valence-electron chi connectivity index (χ4n) is 3.12. The molecule has 0 aromatic heterocycles. The van der Waals surface area contributed by atoms with Gasteiger partial charge in [-0.05, 0) is 6.42 Å². The molecule has 0 saturated heterocycles. The van der Waals surface area contributed by atoms with Crippen molar-refractivity contribution < 1.29 is 29.1 Å². The highest BCUT2D eigenvalue weighted by atomic mass is 31.2. The van der Waals surface area contributed by atoms with Crippen LogP contribution in [0.5, 0.6) is 0 Å². The van der Waals surface area contributed by atoms with E-state index in [9.17, 15) is 4.57 Å². The summed E-state index contributed by atoms with van der Waals surface area (Å²) in [5.41, 5.74) is 0. The van der Waals surface area contributed by atoms with Crippen LogP contribution in [0.15, 0.2) is 0 Å². The standard InChI is InChI=1S/C18H39O4P.C4H11NO2/c1-2-3-4-5-6-7-8-9-10-11-12-13-14-15-16-17-18-22-23(19,20)21;6-3-1-5-2-4-7/h2-18H2,1H3,(H2,19,20,21);5-7H,1-4H2. The number of nitrogens with one attached hydrogen (secondary N) is 1. The topological polar surface area (TPSA) is 119 Å². The molecule has 0 radical (unpaired) electrons. The molecule has 0 aromatic carbocycles. The van der Waals surface area contributed by atoms with Gasteiger partial charge in [0.1, 0.15) is 0 Å². The van der Waals surface area contributed by atoms with Gasteiger partial charge in [0.15, 0.2) is 0 Å². The quantitative estimate of drug-likeness (QED) is 0.116. The smallest absolute Gasteiger partial charge is 0.395 e. The average Bonchev–Trinajstić information content (AvgIpc) is 2.70. The molecule has 5 N–H and O–H groups in total. The van der Waals surface area contributed by atoms with E-state index in [1.807, 2.05) is 0 Å². The molecule has 0 aliphatic heterocycles. The number of unbranched alkanes of at least 4 members (excludes halogenated alkanes) is 15. The number of aliphatic hydroxyl groups is 2. The van der Waals surface area contributed by atoms with Crippen LogP contribution in [0.4, 0.5) is 0 Å². The van der Waals surface area contributed by atoms with E-state index in [2.05, 4.69) is 16.8 Å². The van der Waals surface area contributed by atoms with Gasteiger partial charge in [0.05, 0.1) is 19.8 Å². The lowest BCUT2D eigenvalue weighted by molar-refractivity contribution is 0.193. The Labute approximate surface area is 185 Å². The highest BCUT2D eigenvalue weighted by Gasteiger charge is 2.12. The fourth-order valence-corrected chi connectivity index (χ4v) is 3.48. The van der Waals surface area contributed by atoms with Crippen LogP contribution in [0.2, 0.25) is 0 Å². The Morgan fingerprint density at radius 1 is 0.633 bits per heavy atom. The van der Waals surface area contributed by atoms with Crippen LogP contribution >= 0.6 is 7.82 Å². The summed E-state index contributed by atoms with van der Waals surface area (Å²) in [6, 6.07) is 0. The number of rotatable bonds is 22. The SMILES string of the molecule is CCCCCCCCCCCCCCCCCCOP(=O)(O)O.OCCNCCO. The molecule has 0 saturated carbocycles. The van der Waals surface area contributed by atoms with Crippen LogP contribution in [0.25, 0.3) is 0 Å². The second kappa shape index (κ2) is 27.0. The molecule has 8 heteroatoms. The summed E-state index contributed by atoms with van der Waals surface area (Å²) in [5, 5.41) is 19.1. The Morgan fingerprint density at radius 3 is 1.27 bits per heavy atom. The Kier molecular flexibility index (Phi) is 29.0. The van der Waals surface area contributed by atoms with E-state index in [-0.39, 0.29) is 19.8 Å². The van der Waals surface area contributed by atoms with Crippen LogP contribution in [0.3, 0.4) is 0 Å². The number of hydrogen-bond donors (Lipinski definition) is 5. The van der Waals surface area contributed by atoms with E-state index in [0.717, 1.165) is 19.3 Å². The van der Waals surface area contributed by atoms with Crippen molar-refractivity contribution in [1.29, 1.82) is 0 Å². The Bertz CT molecular complexity index is 351. The molecule has 0 spiro atoms. The number of phosphoric ester groups is 1. The summed E-state index contributed by atoms with van der Waals surface area (Å²) in [6.07, 6.45) is 20.7. The summed E-state index contributed by atoms with van der Waals surface area (Å²) in [7, 11) is -4.26. The van der Waals surface area contributed by atoms with Gasteiger partial charge >= 0.3 is 7.82 Å². The molecule has 0 aliphatic rings. The molecule has 30 heavy (non-hydrogen) atoms. The molecule has 0 aliphatic carbocycles. The molecule has 184 valence electrons. The number of phosphoric acid groups is 1. The van der Waals surface area contributed by atoms with Gasteiger partial charge in [-0.25, -0.2) is 4.57 Å². The minimum atomic E-state index is -4.26. The van der Waals surface area contributed by atoms with Gasteiger partial charge in [0, 0.05) is 13.1 Å². The summed E-state index contributed by atoms with van der Waals surface area (Å²) < 4.78 is 14.9. The van der Waals surface area contributed by atoms with Crippen molar-refractivity contribution in [2.24, 2.45) is 0 Å². The highest BCUT2D eigenvalue weighted by molar-refractivity contribution is 7.46. The van der Waals surface area contributed by atoms with Crippen LogP contribution < -0.4 is 5.32 Å².